The maximum Gasteiger partial charge on any atom is 0.353 e. The van der Waals surface area contributed by atoms with Gasteiger partial charge in [-0.3, -0.25) is 14.3 Å². The number of amides is 2. The van der Waals surface area contributed by atoms with E-state index in [1.54, 1.807) is 24.1 Å². The fourth-order valence-electron chi connectivity index (χ4n) is 4.05. The molecule has 0 radical (unpaired) electrons. The molecule has 3 aromatic heterocycles. The van der Waals surface area contributed by atoms with E-state index in [2.05, 4.69) is 25.4 Å². The number of carbonyl (C=O) groups is 2. The van der Waals surface area contributed by atoms with Crippen LogP contribution < -0.4 is 14.7 Å². The summed E-state index contributed by atoms with van der Waals surface area (Å²) in [6, 6.07) is 3.59. The van der Waals surface area contributed by atoms with Gasteiger partial charge in [-0.25, -0.2) is 0 Å². The molecule has 2 aliphatic heterocycles. The Morgan fingerprint density at radius 1 is 1.19 bits per heavy atom. The van der Waals surface area contributed by atoms with Crippen LogP contribution in [0.3, 0.4) is 0 Å². The van der Waals surface area contributed by atoms with Crippen LogP contribution in [0.15, 0.2) is 24.5 Å². The van der Waals surface area contributed by atoms with Gasteiger partial charge in [-0.15, -0.1) is 4.52 Å². The maximum atomic E-state index is 13.0. The average Bonchev–Trinajstić information content (AvgIpc) is 3.52. The number of ether oxygens (including phenoxy) is 1. The van der Waals surface area contributed by atoms with Crippen molar-refractivity contribution in [2.75, 3.05) is 49.6 Å². The van der Waals surface area contributed by atoms with Gasteiger partial charge in [-0.05, 0) is 12.8 Å². The Kier molecular flexibility index (Phi) is 5.02. The molecule has 31 heavy (non-hydrogen) atoms. The fourth-order valence-corrected chi connectivity index (χ4v) is 4.05. The molecule has 0 aliphatic carbocycles. The van der Waals surface area contributed by atoms with Gasteiger partial charge >= 0.3 is 11.6 Å². The Hall–Kier alpha value is -3.47. The summed E-state index contributed by atoms with van der Waals surface area (Å²) in [7, 11) is 1.65. The van der Waals surface area contributed by atoms with Crippen LogP contribution in [0.25, 0.3) is 5.65 Å². The molecule has 11 heteroatoms. The molecule has 162 valence electrons. The first-order valence-electron chi connectivity index (χ1n) is 10.5. The van der Waals surface area contributed by atoms with Crippen LogP contribution in [0.5, 0.6) is 0 Å². The highest BCUT2D eigenvalue weighted by Gasteiger charge is 2.28. The molecule has 0 spiro atoms. The summed E-state index contributed by atoms with van der Waals surface area (Å²) < 4.78 is 8.56. The Morgan fingerprint density at radius 2 is 1.97 bits per heavy atom. The van der Waals surface area contributed by atoms with Crippen LogP contribution in [0, 0.1) is 0 Å². The summed E-state index contributed by atoms with van der Waals surface area (Å²) in [6.45, 7) is 3.97. The van der Waals surface area contributed by atoms with Gasteiger partial charge in [-0.1, -0.05) is 0 Å². The quantitative estimate of drug-likeness (QED) is 0.578. The monoisotopic (exact) mass is 425 g/mol. The summed E-state index contributed by atoms with van der Waals surface area (Å²) >= 11 is 0. The lowest BCUT2D eigenvalue weighted by atomic mass is 10.2. The van der Waals surface area contributed by atoms with Gasteiger partial charge in [0, 0.05) is 44.3 Å². The minimum atomic E-state index is -0.392. The number of H-pyrrole nitrogens is 1. The van der Waals surface area contributed by atoms with Gasteiger partial charge in [0.05, 0.1) is 36.7 Å². The van der Waals surface area contributed by atoms with Crippen LogP contribution in [-0.2, 0) is 11.8 Å². The third-order valence-corrected chi connectivity index (χ3v) is 5.72. The van der Waals surface area contributed by atoms with E-state index in [0.29, 0.717) is 37.6 Å². The minimum absolute atomic E-state index is 0.213. The first kappa shape index (κ1) is 19.5. The first-order valence-corrected chi connectivity index (χ1v) is 10.5. The van der Waals surface area contributed by atoms with Crippen LogP contribution >= 0.6 is 0 Å². The largest absolute Gasteiger partial charge is 0.378 e. The number of morpholine rings is 1. The van der Waals surface area contributed by atoms with E-state index in [-0.39, 0.29) is 17.2 Å². The number of nitrogens with zero attached hydrogens (tertiary/aromatic N) is 6. The van der Waals surface area contributed by atoms with Crippen molar-refractivity contribution in [1.29, 1.82) is 0 Å². The zero-order chi connectivity index (χ0) is 21.4. The molecule has 5 heterocycles. The molecule has 0 atom stereocenters. The number of fused-ring (bicyclic) bond motifs is 1. The van der Waals surface area contributed by atoms with E-state index in [4.69, 9.17) is 4.74 Å². The standard InChI is InChI=1S/C20H24N8O3/c1-25-17(15(13-21-25)19(30)26-8-10-31-11-9-26)18(29)22-14-4-7-28-16(12-14)23-20(24-28)27-5-2-3-6-27/h4,7,12-13H,2-3,5-6,8-11H2,1H3,(H,22,23,24,29)/p+1. The van der Waals surface area contributed by atoms with Crippen molar-refractivity contribution in [3.63, 3.8) is 0 Å². The number of hydrogen-bond acceptors (Lipinski definition) is 6. The first-order chi connectivity index (χ1) is 15.1. The number of pyridine rings is 1. The zero-order valence-electron chi connectivity index (χ0n) is 17.4. The van der Waals surface area contributed by atoms with Crippen LogP contribution in [0.2, 0.25) is 0 Å². The highest BCUT2D eigenvalue weighted by Crippen LogP contribution is 2.18. The summed E-state index contributed by atoms with van der Waals surface area (Å²) in [5, 5.41) is 10.3. The summed E-state index contributed by atoms with van der Waals surface area (Å²) in [5.41, 5.74) is 1.81. The predicted octanol–water partition coefficient (Wildman–Crippen LogP) is 0.207. The number of aromatic amines is 1. The normalized spacial score (nSPS) is 16.8. The van der Waals surface area contributed by atoms with E-state index >= 15 is 0 Å². The number of nitrogens with one attached hydrogen (secondary N) is 2. The van der Waals surface area contributed by atoms with E-state index in [1.807, 2.05) is 10.7 Å². The molecule has 2 amide bonds. The lowest BCUT2D eigenvalue weighted by Crippen LogP contribution is -2.41. The van der Waals surface area contributed by atoms with Gasteiger partial charge < -0.3 is 19.9 Å². The average molecular weight is 425 g/mol. The van der Waals surface area contributed by atoms with Crippen LogP contribution in [0.1, 0.15) is 33.7 Å². The van der Waals surface area contributed by atoms with Crippen molar-refractivity contribution in [2.24, 2.45) is 7.05 Å². The van der Waals surface area contributed by atoms with Crippen molar-refractivity contribution in [2.45, 2.75) is 12.8 Å². The molecule has 2 saturated heterocycles. The zero-order valence-corrected chi connectivity index (χ0v) is 17.4. The molecule has 0 bridgehead atoms. The molecule has 0 unspecified atom stereocenters. The van der Waals surface area contributed by atoms with Crippen molar-refractivity contribution < 1.29 is 18.8 Å². The minimum Gasteiger partial charge on any atom is -0.378 e. The molecule has 5 rings (SSSR count). The van der Waals surface area contributed by atoms with E-state index in [9.17, 15) is 9.59 Å². The van der Waals surface area contributed by atoms with Gasteiger partial charge in [0.2, 0.25) is 0 Å². The second-order valence-corrected chi connectivity index (χ2v) is 7.77. The number of hydrogen-bond donors (Lipinski definition) is 2. The molecular formula is C20H25N8O3+. The second-order valence-electron chi connectivity index (χ2n) is 7.77. The summed E-state index contributed by atoms with van der Waals surface area (Å²) in [6.07, 6.45) is 5.60. The molecule has 11 nitrogen and oxygen atoms in total. The van der Waals surface area contributed by atoms with E-state index in [0.717, 1.165) is 19.0 Å². The Balaban J connectivity index is 1.37. The van der Waals surface area contributed by atoms with E-state index in [1.165, 1.54) is 23.7 Å². The number of anilines is 2. The molecule has 0 aromatic carbocycles. The van der Waals surface area contributed by atoms with Gasteiger partial charge in [0.15, 0.2) is 0 Å². The third-order valence-electron chi connectivity index (χ3n) is 5.72. The summed E-state index contributed by atoms with van der Waals surface area (Å²) in [4.78, 5) is 34.5. The van der Waals surface area contributed by atoms with Gasteiger partial charge in [0.1, 0.15) is 11.9 Å². The molecule has 2 aliphatic rings. The lowest BCUT2D eigenvalue weighted by Gasteiger charge is -2.26. The second kappa shape index (κ2) is 7.99. The summed E-state index contributed by atoms with van der Waals surface area (Å²) in [5.74, 6) is 0.220. The van der Waals surface area contributed by atoms with Crippen LogP contribution in [-0.4, -0.2) is 76.0 Å². The number of aromatic nitrogens is 5. The van der Waals surface area contributed by atoms with Gasteiger partial charge in [0.25, 0.3) is 11.8 Å². The van der Waals surface area contributed by atoms with Crippen molar-refractivity contribution in [3.8, 4) is 0 Å². The van der Waals surface area contributed by atoms with Crippen molar-refractivity contribution >= 4 is 29.1 Å². The Labute approximate surface area is 178 Å². The highest BCUT2D eigenvalue weighted by atomic mass is 16.5. The Morgan fingerprint density at radius 3 is 2.74 bits per heavy atom. The number of aryl methyl sites for hydroxylation is 1. The van der Waals surface area contributed by atoms with Gasteiger partial charge in [-0.2, -0.15) is 10.2 Å². The lowest BCUT2D eigenvalue weighted by molar-refractivity contribution is -0.576. The van der Waals surface area contributed by atoms with Crippen molar-refractivity contribution in [3.05, 3.63) is 35.8 Å². The molecule has 3 aromatic rings. The SMILES string of the molecule is Cn1ncc(C(=O)N2CCOCC2)c1C(=O)Nc1cc[n+]2[nH]c(N3CCCC3)nc2c1. The van der Waals surface area contributed by atoms with Crippen LogP contribution in [0.4, 0.5) is 11.6 Å². The molecule has 2 N–H and O–H groups in total. The predicted molar refractivity (Wildman–Crippen MR) is 111 cm³/mol. The smallest absolute Gasteiger partial charge is 0.353 e. The maximum absolute atomic E-state index is 13.0. The third kappa shape index (κ3) is 3.72. The molecule has 2 fully saturated rings. The highest BCUT2D eigenvalue weighted by molar-refractivity contribution is 6.11. The topological polar surface area (TPSA) is 112 Å². The van der Waals surface area contributed by atoms with Crippen molar-refractivity contribution in [1.82, 2.24) is 24.8 Å². The Bertz CT molecular complexity index is 1120. The number of carbonyl (C=O) groups excluding carboxylic acids is 2. The molecule has 0 saturated carbocycles. The molecular weight excluding hydrogens is 400 g/mol. The fraction of sp³-hybridized carbons (Fsp3) is 0.450. The number of rotatable bonds is 4. The van der Waals surface area contributed by atoms with E-state index < -0.39 is 5.91 Å².